The standard InChI is InChI=1S/C12H16N4OS/c1-3-15-10-8(11(18)16(4-2)12(15)17)13-9(14-10)7-5-6-7/h7H,3-6H2,1-2H3,(H,13,14). The first-order chi connectivity index (χ1) is 8.67. The highest BCUT2D eigenvalue weighted by molar-refractivity contribution is 7.71. The van der Waals surface area contributed by atoms with E-state index in [0.717, 1.165) is 11.3 Å². The first-order valence-corrected chi connectivity index (χ1v) is 6.81. The number of rotatable bonds is 3. The number of aryl methyl sites for hydroxylation is 1. The van der Waals surface area contributed by atoms with Crippen molar-refractivity contribution in [2.75, 3.05) is 0 Å². The molecule has 18 heavy (non-hydrogen) atoms. The van der Waals surface area contributed by atoms with Gasteiger partial charge < -0.3 is 4.98 Å². The zero-order chi connectivity index (χ0) is 12.9. The molecule has 0 atom stereocenters. The second kappa shape index (κ2) is 4.05. The predicted octanol–water partition coefficient (Wildman–Crippen LogP) is 2.17. The van der Waals surface area contributed by atoms with Crippen molar-refractivity contribution in [1.29, 1.82) is 0 Å². The average molecular weight is 264 g/mol. The second-order valence-electron chi connectivity index (χ2n) is 4.67. The highest BCUT2D eigenvalue weighted by Gasteiger charge is 2.28. The lowest BCUT2D eigenvalue weighted by Gasteiger charge is -2.08. The van der Waals surface area contributed by atoms with Gasteiger partial charge in [-0.2, -0.15) is 0 Å². The summed E-state index contributed by atoms with van der Waals surface area (Å²) in [5.74, 6) is 1.51. The Labute approximate surface area is 109 Å². The number of H-pyrrole nitrogens is 1. The molecule has 0 aromatic carbocycles. The molecule has 2 aromatic rings. The van der Waals surface area contributed by atoms with Gasteiger partial charge in [-0.15, -0.1) is 0 Å². The van der Waals surface area contributed by atoms with Crippen molar-refractivity contribution in [3.05, 3.63) is 20.9 Å². The van der Waals surface area contributed by atoms with E-state index in [1.54, 1.807) is 9.13 Å². The number of nitrogens with zero attached hydrogens (tertiary/aromatic N) is 3. The van der Waals surface area contributed by atoms with E-state index in [-0.39, 0.29) is 5.69 Å². The molecule has 0 spiro atoms. The van der Waals surface area contributed by atoms with Crippen LogP contribution in [0.25, 0.3) is 11.2 Å². The summed E-state index contributed by atoms with van der Waals surface area (Å²) in [6.45, 7) is 5.09. The summed E-state index contributed by atoms with van der Waals surface area (Å²) in [5, 5.41) is 0. The number of aromatic nitrogens is 4. The van der Waals surface area contributed by atoms with E-state index in [1.165, 1.54) is 12.8 Å². The molecule has 96 valence electrons. The van der Waals surface area contributed by atoms with Crippen molar-refractivity contribution in [3.8, 4) is 0 Å². The molecule has 0 radical (unpaired) electrons. The fourth-order valence-corrected chi connectivity index (χ4v) is 2.65. The van der Waals surface area contributed by atoms with Gasteiger partial charge in [0.05, 0.1) is 0 Å². The van der Waals surface area contributed by atoms with Crippen LogP contribution in [-0.4, -0.2) is 19.1 Å². The van der Waals surface area contributed by atoms with Crippen LogP contribution in [0.1, 0.15) is 38.4 Å². The first-order valence-electron chi connectivity index (χ1n) is 6.40. The molecule has 0 aliphatic heterocycles. The van der Waals surface area contributed by atoms with Crippen LogP contribution in [0.4, 0.5) is 0 Å². The highest BCUT2D eigenvalue weighted by Crippen LogP contribution is 2.38. The molecule has 5 nitrogen and oxygen atoms in total. The third-order valence-electron chi connectivity index (χ3n) is 3.48. The van der Waals surface area contributed by atoms with E-state index in [0.29, 0.717) is 29.3 Å². The van der Waals surface area contributed by atoms with Crippen molar-refractivity contribution in [2.45, 2.75) is 45.7 Å². The van der Waals surface area contributed by atoms with Crippen LogP contribution in [-0.2, 0) is 13.1 Å². The second-order valence-corrected chi connectivity index (χ2v) is 5.06. The van der Waals surface area contributed by atoms with E-state index in [9.17, 15) is 4.79 Å². The number of aromatic amines is 1. The Kier molecular flexibility index (Phi) is 2.62. The van der Waals surface area contributed by atoms with E-state index < -0.39 is 0 Å². The monoisotopic (exact) mass is 264 g/mol. The summed E-state index contributed by atoms with van der Waals surface area (Å²) in [6, 6.07) is 0. The summed E-state index contributed by atoms with van der Waals surface area (Å²) in [7, 11) is 0. The lowest BCUT2D eigenvalue weighted by Crippen LogP contribution is -2.30. The van der Waals surface area contributed by atoms with Crippen molar-refractivity contribution < 1.29 is 0 Å². The molecule has 1 aliphatic carbocycles. The van der Waals surface area contributed by atoms with Gasteiger partial charge in [-0.1, -0.05) is 12.2 Å². The van der Waals surface area contributed by atoms with Gasteiger partial charge in [0.2, 0.25) is 0 Å². The molecule has 1 N–H and O–H groups in total. The van der Waals surface area contributed by atoms with Crippen LogP contribution in [0.5, 0.6) is 0 Å². The topological polar surface area (TPSA) is 55.6 Å². The Morgan fingerprint density at radius 3 is 2.56 bits per heavy atom. The molecule has 2 aromatic heterocycles. The van der Waals surface area contributed by atoms with Crippen LogP contribution in [0, 0.1) is 4.64 Å². The molecule has 3 rings (SSSR count). The lowest BCUT2D eigenvalue weighted by molar-refractivity contribution is 0.615. The summed E-state index contributed by atoms with van der Waals surface area (Å²) in [4.78, 5) is 20.1. The smallest absolute Gasteiger partial charge is 0.330 e. The van der Waals surface area contributed by atoms with E-state index >= 15 is 0 Å². The number of hydrogen-bond donors (Lipinski definition) is 1. The average Bonchev–Trinajstić information content (AvgIpc) is 3.11. The van der Waals surface area contributed by atoms with Crippen LogP contribution >= 0.6 is 12.2 Å². The Morgan fingerprint density at radius 2 is 2.00 bits per heavy atom. The van der Waals surface area contributed by atoms with Gasteiger partial charge in [-0.05, 0) is 26.7 Å². The SMILES string of the molecule is CCn1c(=S)c2[nH]c(C3CC3)nc2n(CC)c1=O. The molecule has 2 heterocycles. The zero-order valence-electron chi connectivity index (χ0n) is 10.6. The van der Waals surface area contributed by atoms with Crippen molar-refractivity contribution in [3.63, 3.8) is 0 Å². The van der Waals surface area contributed by atoms with Gasteiger partial charge in [-0.3, -0.25) is 9.13 Å². The fourth-order valence-electron chi connectivity index (χ4n) is 2.30. The molecule has 0 amide bonds. The van der Waals surface area contributed by atoms with E-state index in [2.05, 4.69) is 9.97 Å². The van der Waals surface area contributed by atoms with Crippen LogP contribution in [0.3, 0.4) is 0 Å². The summed E-state index contributed by atoms with van der Waals surface area (Å²) in [5.41, 5.74) is 1.47. The molecule has 6 heteroatoms. The van der Waals surface area contributed by atoms with Crippen LogP contribution in [0.2, 0.25) is 0 Å². The summed E-state index contributed by atoms with van der Waals surface area (Å²) >= 11 is 5.39. The maximum absolute atomic E-state index is 12.3. The van der Waals surface area contributed by atoms with E-state index in [4.69, 9.17) is 12.2 Å². The summed E-state index contributed by atoms with van der Waals surface area (Å²) < 4.78 is 3.88. The van der Waals surface area contributed by atoms with Crippen LogP contribution < -0.4 is 5.69 Å². The number of nitrogens with one attached hydrogen (secondary N) is 1. The lowest BCUT2D eigenvalue weighted by atomic mass is 10.4. The Balaban J connectivity index is 2.41. The molecule has 1 saturated carbocycles. The third-order valence-corrected chi connectivity index (χ3v) is 3.90. The number of fused-ring (bicyclic) bond motifs is 1. The molecule has 1 aliphatic rings. The minimum atomic E-state index is -0.0636. The Morgan fingerprint density at radius 1 is 1.33 bits per heavy atom. The van der Waals surface area contributed by atoms with Crippen molar-refractivity contribution >= 4 is 23.4 Å². The van der Waals surface area contributed by atoms with Crippen molar-refractivity contribution in [1.82, 2.24) is 19.1 Å². The molecular formula is C12H16N4OS. The third kappa shape index (κ3) is 1.55. The molecule has 0 bridgehead atoms. The van der Waals surface area contributed by atoms with Gasteiger partial charge in [0, 0.05) is 19.0 Å². The molecule has 1 fully saturated rings. The summed E-state index contributed by atoms with van der Waals surface area (Å²) in [6.07, 6.45) is 2.35. The Bertz CT molecular complexity index is 720. The molecule has 0 unspecified atom stereocenters. The number of hydrogen-bond acceptors (Lipinski definition) is 3. The normalized spacial score (nSPS) is 15.4. The van der Waals surface area contributed by atoms with Gasteiger partial charge in [0.1, 0.15) is 16.0 Å². The maximum Gasteiger partial charge on any atom is 0.330 e. The van der Waals surface area contributed by atoms with Crippen LogP contribution in [0.15, 0.2) is 4.79 Å². The van der Waals surface area contributed by atoms with E-state index in [1.807, 2.05) is 13.8 Å². The largest absolute Gasteiger partial charge is 0.338 e. The minimum Gasteiger partial charge on any atom is -0.338 e. The van der Waals surface area contributed by atoms with Gasteiger partial charge in [-0.25, -0.2) is 9.78 Å². The molecular weight excluding hydrogens is 248 g/mol. The highest BCUT2D eigenvalue weighted by atomic mass is 32.1. The quantitative estimate of drug-likeness (QED) is 0.864. The Hall–Kier alpha value is -1.43. The number of imidazole rings is 1. The van der Waals surface area contributed by atoms with Crippen molar-refractivity contribution in [2.24, 2.45) is 0 Å². The zero-order valence-corrected chi connectivity index (χ0v) is 11.4. The molecule has 0 saturated heterocycles. The van der Waals surface area contributed by atoms with Gasteiger partial charge in [0.25, 0.3) is 0 Å². The van der Waals surface area contributed by atoms with Gasteiger partial charge in [0.15, 0.2) is 5.65 Å². The fraction of sp³-hybridized carbons (Fsp3) is 0.583. The maximum atomic E-state index is 12.3. The first kappa shape index (κ1) is 11.6. The minimum absolute atomic E-state index is 0.0636. The predicted molar refractivity (Wildman–Crippen MR) is 72.5 cm³/mol. The van der Waals surface area contributed by atoms with Gasteiger partial charge >= 0.3 is 5.69 Å².